The topological polar surface area (TPSA) is 113 Å². The lowest BCUT2D eigenvalue weighted by molar-refractivity contribution is -0.384. The molecule has 0 spiro atoms. The van der Waals surface area contributed by atoms with Crippen LogP contribution in [0.5, 0.6) is 0 Å². The van der Waals surface area contributed by atoms with Gasteiger partial charge in [0.25, 0.3) is 5.69 Å². The predicted octanol–water partition coefficient (Wildman–Crippen LogP) is 4.93. The van der Waals surface area contributed by atoms with Gasteiger partial charge in [0, 0.05) is 28.5 Å². The van der Waals surface area contributed by atoms with E-state index in [-0.39, 0.29) is 16.4 Å². The van der Waals surface area contributed by atoms with Crippen LogP contribution in [0, 0.1) is 22.0 Å². The van der Waals surface area contributed by atoms with Crippen LogP contribution >= 0.6 is 23.2 Å². The fourth-order valence-electron chi connectivity index (χ4n) is 5.60. The van der Waals surface area contributed by atoms with E-state index in [0.717, 1.165) is 16.2 Å². The van der Waals surface area contributed by atoms with Crippen LogP contribution in [0.1, 0.15) is 5.56 Å². The van der Waals surface area contributed by atoms with Crippen molar-refractivity contribution in [3.8, 4) is 0 Å². The summed E-state index contributed by atoms with van der Waals surface area (Å²) in [7, 11) is 0. The molecule has 3 aromatic rings. The number of nitro benzene ring substituents is 1. The summed E-state index contributed by atoms with van der Waals surface area (Å²) in [5, 5.41) is 14.3. The first-order valence-corrected chi connectivity index (χ1v) is 12.5. The Kier molecular flexibility index (Phi) is 5.70. The molecule has 0 aromatic heterocycles. The van der Waals surface area contributed by atoms with Gasteiger partial charge in [-0.15, -0.1) is 0 Å². The van der Waals surface area contributed by atoms with Crippen molar-refractivity contribution in [1.29, 1.82) is 0 Å². The molecule has 3 aliphatic heterocycles. The molecule has 9 nitrogen and oxygen atoms in total. The quantitative estimate of drug-likeness (QED) is 0.281. The Labute approximate surface area is 226 Å². The second-order valence-corrected chi connectivity index (χ2v) is 10.1. The van der Waals surface area contributed by atoms with Crippen LogP contribution in [0.2, 0.25) is 10.0 Å². The monoisotopic (exact) mass is 548 g/mol. The minimum Gasteiger partial charge on any atom is -0.351 e. The van der Waals surface area contributed by atoms with E-state index in [9.17, 15) is 24.5 Å². The highest BCUT2D eigenvalue weighted by molar-refractivity contribution is 6.38. The van der Waals surface area contributed by atoms with E-state index < -0.39 is 46.6 Å². The highest BCUT2D eigenvalue weighted by Gasteiger charge is 2.64. The van der Waals surface area contributed by atoms with E-state index in [0.29, 0.717) is 10.7 Å². The molecule has 2 fully saturated rings. The Morgan fingerprint density at radius 3 is 2.34 bits per heavy atom. The van der Waals surface area contributed by atoms with E-state index in [1.165, 1.54) is 36.4 Å². The lowest BCUT2D eigenvalue weighted by Gasteiger charge is -2.36. The maximum absolute atomic E-state index is 13.9. The number of carbonyl (C=O) groups is 3. The molecule has 3 aliphatic rings. The molecule has 6 rings (SSSR count). The first-order chi connectivity index (χ1) is 18.3. The molecule has 3 amide bonds. The molecular formula is C27H18Cl2N4O5. The first kappa shape index (κ1) is 24.1. The Hall–Kier alpha value is -4.21. The van der Waals surface area contributed by atoms with Crippen LogP contribution in [-0.4, -0.2) is 34.7 Å². The fourth-order valence-corrected chi connectivity index (χ4v) is 6.09. The van der Waals surface area contributed by atoms with E-state index >= 15 is 0 Å². The van der Waals surface area contributed by atoms with Gasteiger partial charge in [0.15, 0.2) is 0 Å². The lowest BCUT2D eigenvalue weighted by atomic mass is 9.88. The zero-order valence-electron chi connectivity index (χ0n) is 19.5. The van der Waals surface area contributed by atoms with Gasteiger partial charge in [-0.2, -0.15) is 0 Å². The summed E-state index contributed by atoms with van der Waals surface area (Å²) in [4.78, 5) is 54.8. The number of para-hydroxylation sites is 1. The zero-order chi connectivity index (χ0) is 26.7. The van der Waals surface area contributed by atoms with Crippen molar-refractivity contribution in [2.24, 2.45) is 11.8 Å². The molecule has 3 aromatic carbocycles. The van der Waals surface area contributed by atoms with E-state index in [4.69, 9.17) is 23.2 Å². The van der Waals surface area contributed by atoms with Gasteiger partial charge in [0.2, 0.25) is 17.7 Å². The number of nitrogens with one attached hydrogen (secondary N) is 1. The Balaban J connectivity index is 1.42. The second kappa shape index (κ2) is 8.97. The highest BCUT2D eigenvalue weighted by atomic mass is 35.5. The van der Waals surface area contributed by atoms with Crippen LogP contribution < -0.4 is 15.1 Å². The third-order valence-corrected chi connectivity index (χ3v) is 7.72. The molecule has 0 saturated carbocycles. The number of amides is 3. The number of fused-ring (bicyclic) bond motifs is 5. The lowest BCUT2D eigenvalue weighted by Crippen LogP contribution is -2.50. The van der Waals surface area contributed by atoms with Crippen molar-refractivity contribution in [2.75, 3.05) is 15.1 Å². The first-order valence-electron chi connectivity index (χ1n) is 11.7. The van der Waals surface area contributed by atoms with Gasteiger partial charge >= 0.3 is 0 Å². The molecular weight excluding hydrogens is 531 g/mol. The number of benzene rings is 3. The minimum atomic E-state index is -1.03. The highest BCUT2D eigenvalue weighted by Crippen LogP contribution is 2.50. The maximum Gasteiger partial charge on any atom is 0.269 e. The predicted molar refractivity (Wildman–Crippen MR) is 143 cm³/mol. The molecule has 1 N–H and O–H groups in total. The number of non-ortho nitro benzene ring substituents is 1. The number of rotatable bonds is 4. The number of halogens is 2. The van der Waals surface area contributed by atoms with Crippen molar-refractivity contribution < 1.29 is 19.3 Å². The Morgan fingerprint density at radius 2 is 1.63 bits per heavy atom. The smallest absolute Gasteiger partial charge is 0.269 e. The average molecular weight is 549 g/mol. The van der Waals surface area contributed by atoms with E-state index in [2.05, 4.69) is 5.32 Å². The van der Waals surface area contributed by atoms with Gasteiger partial charge in [-0.25, -0.2) is 4.90 Å². The number of carbonyl (C=O) groups excluding carboxylic acids is 3. The van der Waals surface area contributed by atoms with Crippen LogP contribution in [-0.2, 0) is 14.4 Å². The zero-order valence-corrected chi connectivity index (χ0v) is 21.0. The third kappa shape index (κ3) is 3.66. The van der Waals surface area contributed by atoms with Gasteiger partial charge in [0.05, 0.1) is 33.5 Å². The molecule has 0 aliphatic carbocycles. The van der Waals surface area contributed by atoms with Gasteiger partial charge in [0.1, 0.15) is 6.04 Å². The van der Waals surface area contributed by atoms with Crippen molar-refractivity contribution in [1.82, 2.24) is 0 Å². The number of hydrogen-bond acceptors (Lipinski definition) is 6. The molecule has 11 heteroatoms. The van der Waals surface area contributed by atoms with Gasteiger partial charge in [-0.1, -0.05) is 53.6 Å². The largest absolute Gasteiger partial charge is 0.351 e. The molecule has 190 valence electrons. The SMILES string of the molecule is O=C(Nc1ccc([N+](=O)[O-])cc1)[C@H]1[C@H]2C(=O)N(c3ccc(Cl)cc3Cl)C(=O)[C@H]2[C@@H]2C=Cc3ccccc3N21. The molecule has 0 unspecified atom stereocenters. The number of nitro groups is 1. The summed E-state index contributed by atoms with van der Waals surface area (Å²) in [6, 6.07) is 15.8. The number of imide groups is 1. The summed E-state index contributed by atoms with van der Waals surface area (Å²) in [5.74, 6) is -3.31. The molecule has 2 saturated heterocycles. The summed E-state index contributed by atoms with van der Waals surface area (Å²) in [6.07, 6.45) is 3.73. The van der Waals surface area contributed by atoms with Crippen molar-refractivity contribution in [3.05, 3.63) is 98.5 Å². The normalized spacial score (nSPS) is 23.2. The molecule has 3 heterocycles. The maximum atomic E-state index is 13.9. The molecule has 0 radical (unpaired) electrons. The third-order valence-electron chi connectivity index (χ3n) is 7.18. The Bertz CT molecular complexity index is 1560. The van der Waals surface area contributed by atoms with Crippen molar-refractivity contribution in [3.63, 3.8) is 0 Å². The van der Waals surface area contributed by atoms with Crippen LogP contribution in [0.3, 0.4) is 0 Å². The molecule has 38 heavy (non-hydrogen) atoms. The molecule has 4 atom stereocenters. The number of nitrogens with zero attached hydrogens (tertiary/aromatic N) is 3. The minimum absolute atomic E-state index is 0.119. The van der Waals surface area contributed by atoms with Crippen LogP contribution in [0.15, 0.2) is 72.8 Å². The van der Waals surface area contributed by atoms with Crippen LogP contribution in [0.4, 0.5) is 22.7 Å². The average Bonchev–Trinajstić information content (AvgIpc) is 3.37. The fraction of sp³-hybridized carbons (Fsp3) is 0.148. The standard InChI is InChI=1S/C27H18Cl2N4O5/c28-15-6-12-20(18(29)13-15)32-26(35)22-21-11-5-14-3-1-2-4-19(14)31(21)24(23(22)27(32)36)25(34)30-16-7-9-17(10-8-16)33(37)38/h1-13,21-24H,(H,30,34)/t21-,22-,23-,24+/m0/s1. The number of hydrogen-bond donors (Lipinski definition) is 1. The van der Waals surface area contributed by atoms with Crippen molar-refractivity contribution >= 4 is 69.7 Å². The number of anilines is 3. The van der Waals surface area contributed by atoms with E-state index in [1.807, 2.05) is 41.3 Å². The summed E-state index contributed by atoms with van der Waals surface area (Å²) < 4.78 is 0. The van der Waals surface area contributed by atoms with Crippen molar-refractivity contribution in [2.45, 2.75) is 12.1 Å². The van der Waals surface area contributed by atoms with Crippen LogP contribution in [0.25, 0.3) is 6.08 Å². The molecule has 0 bridgehead atoms. The summed E-state index contributed by atoms with van der Waals surface area (Å²) in [6.45, 7) is 0. The second-order valence-electron chi connectivity index (χ2n) is 9.21. The van der Waals surface area contributed by atoms with Gasteiger partial charge in [-0.3, -0.25) is 24.5 Å². The van der Waals surface area contributed by atoms with E-state index in [1.54, 1.807) is 6.07 Å². The van der Waals surface area contributed by atoms with Gasteiger partial charge < -0.3 is 10.2 Å². The Morgan fingerprint density at radius 1 is 0.921 bits per heavy atom. The summed E-state index contributed by atoms with van der Waals surface area (Å²) >= 11 is 12.4. The van der Waals surface area contributed by atoms with Gasteiger partial charge in [-0.05, 0) is 42.0 Å². The summed E-state index contributed by atoms with van der Waals surface area (Å²) in [5.41, 5.74) is 2.01.